The first kappa shape index (κ1) is 19.7. The normalized spacial score (nSPS) is 13.5. The van der Waals surface area contributed by atoms with E-state index in [9.17, 15) is 4.79 Å². The quantitative estimate of drug-likeness (QED) is 0.291. The van der Waals surface area contributed by atoms with Crippen molar-refractivity contribution in [3.8, 4) is 0 Å². The molecule has 120 valence electrons. The lowest BCUT2D eigenvalue weighted by molar-refractivity contribution is -0.134. The molecule has 0 aromatic rings. The molecule has 0 amide bonds. The summed E-state index contributed by atoms with van der Waals surface area (Å²) in [4.78, 5) is 11.1. The minimum Gasteiger partial charge on any atom is -0.466 e. The molecule has 0 aromatic heterocycles. The van der Waals surface area contributed by atoms with E-state index in [1.165, 1.54) is 37.5 Å². The van der Waals surface area contributed by atoms with E-state index in [1.807, 2.05) is 6.92 Å². The summed E-state index contributed by atoms with van der Waals surface area (Å²) >= 11 is 0. The molecule has 0 fully saturated rings. The largest absolute Gasteiger partial charge is 0.466 e. The van der Waals surface area contributed by atoms with Gasteiger partial charge in [-0.2, -0.15) is 0 Å². The minimum atomic E-state index is -0.263. The van der Waals surface area contributed by atoms with Gasteiger partial charge < -0.3 is 4.74 Å². The van der Waals surface area contributed by atoms with Gasteiger partial charge in [-0.15, -0.1) is 0 Å². The van der Waals surface area contributed by atoms with Crippen LogP contribution >= 0.6 is 0 Å². The van der Waals surface area contributed by atoms with Crippen molar-refractivity contribution in [2.75, 3.05) is 7.11 Å². The lowest BCUT2D eigenvalue weighted by Crippen LogP contribution is -1.95. The van der Waals surface area contributed by atoms with E-state index >= 15 is 0 Å². The van der Waals surface area contributed by atoms with Crippen molar-refractivity contribution in [2.24, 2.45) is 0 Å². The second-order valence-corrected chi connectivity index (χ2v) is 5.80. The van der Waals surface area contributed by atoms with Gasteiger partial charge in [0.05, 0.1) is 7.11 Å². The van der Waals surface area contributed by atoms with E-state index in [4.69, 9.17) is 0 Å². The van der Waals surface area contributed by atoms with Gasteiger partial charge in [0.2, 0.25) is 0 Å². The van der Waals surface area contributed by atoms with Crippen LogP contribution in [0.1, 0.15) is 72.6 Å². The number of hydrogen-bond acceptors (Lipinski definition) is 2. The highest BCUT2D eigenvalue weighted by Crippen LogP contribution is 2.13. The molecule has 0 aliphatic heterocycles. The maximum Gasteiger partial charge on any atom is 0.330 e. The molecule has 0 saturated carbocycles. The maximum atomic E-state index is 11.1. The predicted octanol–water partition coefficient (Wildman–Crippen LogP) is 5.75. The fourth-order valence-corrected chi connectivity index (χ4v) is 2.08. The summed E-state index contributed by atoms with van der Waals surface area (Å²) in [6.07, 6.45) is 14.2. The van der Waals surface area contributed by atoms with E-state index in [0.29, 0.717) is 0 Å². The van der Waals surface area contributed by atoms with Crippen LogP contribution in [0.25, 0.3) is 0 Å². The predicted molar refractivity (Wildman–Crippen MR) is 91.3 cm³/mol. The second-order valence-electron chi connectivity index (χ2n) is 5.80. The SMILES string of the molecule is CCCC/C(C)=C/CC/C(C)=C/CC/C(C)=C/C(=O)OC. The number of rotatable bonds is 10. The number of methoxy groups -OCH3 is 1. The third-order valence-corrected chi connectivity index (χ3v) is 3.55. The summed E-state index contributed by atoms with van der Waals surface area (Å²) < 4.78 is 4.61. The zero-order valence-corrected chi connectivity index (χ0v) is 14.5. The van der Waals surface area contributed by atoms with E-state index in [2.05, 4.69) is 37.7 Å². The van der Waals surface area contributed by atoms with Crippen LogP contribution < -0.4 is 0 Å². The molecule has 0 rings (SSSR count). The summed E-state index contributed by atoms with van der Waals surface area (Å²) in [6, 6.07) is 0. The van der Waals surface area contributed by atoms with Crippen LogP contribution in [0.3, 0.4) is 0 Å². The molecular formula is C19H32O2. The van der Waals surface area contributed by atoms with Crippen LogP contribution in [-0.4, -0.2) is 13.1 Å². The molecule has 0 unspecified atom stereocenters. The fraction of sp³-hybridized carbons (Fsp3) is 0.632. The Labute approximate surface area is 131 Å². The van der Waals surface area contributed by atoms with Gasteiger partial charge in [-0.1, -0.05) is 42.2 Å². The van der Waals surface area contributed by atoms with Crippen LogP contribution in [0.15, 0.2) is 34.9 Å². The van der Waals surface area contributed by atoms with Gasteiger partial charge >= 0.3 is 5.97 Å². The third kappa shape index (κ3) is 12.2. The molecular weight excluding hydrogens is 260 g/mol. The molecule has 0 N–H and O–H groups in total. The zero-order chi connectivity index (χ0) is 16.1. The number of hydrogen-bond donors (Lipinski definition) is 0. The van der Waals surface area contributed by atoms with E-state index < -0.39 is 0 Å². The Kier molecular flexibility index (Phi) is 11.7. The number of carbonyl (C=O) groups is 1. The van der Waals surface area contributed by atoms with Crippen molar-refractivity contribution in [3.05, 3.63) is 34.9 Å². The lowest BCUT2D eigenvalue weighted by Gasteiger charge is -2.02. The smallest absolute Gasteiger partial charge is 0.330 e. The number of carbonyl (C=O) groups excluding carboxylic acids is 1. The molecule has 0 bridgehead atoms. The topological polar surface area (TPSA) is 26.3 Å². The third-order valence-electron chi connectivity index (χ3n) is 3.55. The highest BCUT2D eigenvalue weighted by atomic mass is 16.5. The van der Waals surface area contributed by atoms with Gasteiger partial charge in [0, 0.05) is 6.08 Å². The minimum absolute atomic E-state index is 0.263. The average molecular weight is 292 g/mol. The van der Waals surface area contributed by atoms with Crippen LogP contribution in [0.2, 0.25) is 0 Å². The summed E-state index contributed by atoms with van der Waals surface area (Å²) in [6.45, 7) is 8.63. The summed E-state index contributed by atoms with van der Waals surface area (Å²) in [5.74, 6) is -0.263. The summed E-state index contributed by atoms with van der Waals surface area (Å²) in [7, 11) is 1.41. The van der Waals surface area contributed by atoms with Gasteiger partial charge in [0.15, 0.2) is 0 Å². The average Bonchev–Trinajstić information content (AvgIpc) is 2.44. The molecule has 0 aliphatic rings. The number of ether oxygens (including phenoxy) is 1. The Hall–Kier alpha value is -1.31. The molecule has 2 heteroatoms. The number of unbranched alkanes of at least 4 members (excludes halogenated alkanes) is 1. The molecule has 0 spiro atoms. The van der Waals surface area contributed by atoms with Gasteiger partial charge in [-0.3, -0.25) is 0 Å². The first-order valence-corrected chi connectivity index (χ1v) is 8.06. The zero-order valence-electron chi connectivity index (χ0n) is 14.5. The Morgan fingerprint density at radius 3 is 1.95 bits per heavy atom. The molecule has 21 heavy (non-hydrogen) atoms. The van der Waals surface area contributed by atoms with Crippen LogP contribution in [0, 0.1) is 0 Å². The van der Waals surface area contributed by atoms with E-state index in [1.54, 1.807) is 6.08 Å². The summed E-state index contributed by atoms with van der Waals surface area (Å²) in [5.41, 5.74) is 4.02. The molecule has 0 aliphatic carbocycles. The van der Waals surface area contributed by atoms with Crippen LogP contribution in [0.4, 0.5) is 0 Å². The molecule has 0 atom stereocenters. The van der Waals surface area contributed by atoms with Gasteiger partial charge in [-0.25, -0.2) is 4.79 Å². The molecule has 0 aromatic carbocycles. The van der Waals surface area contributed by atoms with Crippen molar-refractivity contribution >= 4 is 5.97 Å². The van der Waals surface area contributed by atoms with Gasteiger partial charge in [0.1, 0.15) is 0 Å². The molecule has 2 nitrogen and oxygen atoms in total. The lowest BCUT2D eigenvalue weighted by atomic mass is 10.0. The monoisotopic (exact) mass is 292 g/mol. The van der Waals surface area contributed by atoms with Crippen molar-refractivity contribution < 1.29 is 9.53 Å². The van der Waals surface area contributed by atoms with Gasteiger partial charge in [0.25, 0.3) is 0 Å². The fourth-order valence-electron chi connectivity index (χ4n) is 2.08. The Bertz CT molecular complexity index is 386. The maximum absolute atomic E-state index is 11.1. The van der Waals surface area contributed by atoms with Crippen molar-refractivity contribution in [1.29, 1.82) is 0 Å². The van der Waals surface area contributed by atoms with E-state index in [-0.39, 0.29) is 5.97 Å². The highest BCUT2D eigenvalue weighted by molar-refractivity contribution is 5.82. The highest BCUT2D eigenvalue weighted by Gasteiger charge is 1.96. The molecule has 0 radical (unpaired) electrons. The first-order valence-electron chi connectivity index (χ1n) is 8.06. The summed E-state index contributed by atoms with van der Waals surface area (Å²) in [5, 5.41) is 0. The molecule has 0 heterocycles. The van der Waals surface area contributed by atoms with Crippen molar-refractivity contribution in [2.45, 2.75) is 72.6 Å². The molecule has 0 saturated heterocycles. The number of esters is 1. The first-order chi connectivity index (χ1) is 9.99. The van der Waals surface area contributed by atoms with Crippen LogP contribution in [-0.2, 0) is 9.53 Å². The second kappa shape index (κ2) is 12.4. The van der Waals surface area contributed by atoms with Crippen molar-refractivity contribution in [3.63, 3.8) is 0 Å². The number of allylic oxidation sites excluding steroid dienone is 5. The Balaban J connectivity index is 3.99. The van der Waals surface area contributed by atoms with E-state index in [0.717, 1.165) is 31.3 Å². The van der Waals surface area contributed by atoms with Gasteiger partial charge in [-0.05, 0) is 59.3 Å². The Morgan fingerprint density at radius 2 is 1.43 bits per heavy atom. The standard InChI is InChI=1S/C19H32O2/c1-6-7-10-16(2)11-8-12-17(3)13-9-14-18(4)15-19(20)21-5/h11,13,15H,6-10,12,14H2,1-5H3/b16-11+,17-13+,18-15+. The van der Waals surface area contributed by atoms with Crippen molar-refractivity contribution in [1.82, 2.24) is 0 Å². The van der Waals surface area contributed by atoms with Crippen LogP contribution in [0.5, 0.6) is 0 Å². The Morgan fingerprint density at radius 1 is 0.905 bits per heavy atom.